The van der Waals surface area contributed by atoms with Crippen LogP contribution in [0.3, 0.4) is 0 Å². The number of likely N-dealkylation sites (N-methyl/N-ethyl adjacent to an activating group) is 1. The number of rotatable bonds is 2. The molecule has 0 spiro atoms. The second-order valence-electron chi connectivity index (χ2n) is 4.91. The molecule has 3 heterocycles. The van der Waals surface area contributed by atoms with Gasteiger partial charge in [-0.2, -0.15) is 0 Å². The lowest BCUT2D eigenvalue weighted by Crippen LogP contribution is -2.26. The second kappa shape index (κ2) is 4.87. The fourth-order valence-electron chi connectivity index (χ4n) is 2.36. The van der Waals surface area contributed by atoms with E-state index in [2.05, 4.69) is 20.2 Å². The lowest BCUT2D eigenvalue weighted by atomic mass is 10.4. The molecule has 100 valence electrons. The third-order valence-electron chi connectivity index (χ3n) is 3.39. The highest BCUT2D eigenvalue weighted by Gasteiger charge is 2.21. The topological polar surface area (TPSA) is 60.8 Å². The van der Waals surface area contributed by atoms with Crippen molar-refractivity contribution in [3.63, 3.8) is 0 Å². The van der Waals surface area contributed by atoms with E-state index in [-0.39, 0.29) is 5.91 Å². The van der Waals surface area contributed by atoms with Crippen molar-refractivity contribution >= 4 is 23.4 Å². The highest BCUT2D eigenvalue weighted by atomic mass is 16.2. The molecule has 0 atom stereocenters. The number of hydrogen-bond acceptors (Lipinski definition) is 4. The Bertz CT molecular complexity index is 504. The highest BCUT2D eigenvalue weighted by Crippen LogP contribution is 2.20. The van der Waals surface area contributed by atoms with Gasteiger partial charge in [-0.15, -0.1) is 0 Å². The van der Waals surface area contributed by atoms with E-state index in [9.17, 15) is 4.79 Å². The van der Waals surface area contributed by atoms with Crippen LogP contribution >= 0.6 is 0 Å². The summed E-state index contributed by atoms with van der Waals surface area (Å²) in [5, 5.41) is 2.72. The predicted octanol–water partition coefficient (Wildman–Crippen LogP) is 0.731. The summed E-state index contributed by atoms with van der Waals surface area (Å²) in [7, 11) is 1.84. The summed E-state index contributed by atoms with van der Waals surface area (Å²) in [5.74, 6) is 1.56. The van der Waals surface area contributed by atoms with Crippen LogP contribution in [0.1, 0.15) is 12.8 Å². The molecule has 2 aliphatic heterocycles. The maximum atomic E-state index is 11.2. The van der Waals surface area contributed by atoms with E-state index >= 15 is 0 Å². The molecule has 1 amide bonds. The minimum Gasteiger partial charge on any atom is -0.357 e. The van der Waals surface area contributed by atoms with Crippen LogP contribution in [0, 0.1) is 0 Å². The van der Waals surface area contributed by atoms with Crippen molar-refractivity contribution in [2.75, 3.05) is 31.6 Å². The number of aromatic nitrogens is 1. The van der Waals surface area contributed by atoms with Gasteiger partial charge in [0.05, 0.1) is 18.4 Å². The lowest BCUT2D eigenvalue weighted by Gasteiger charge is -2.15. The van der Waals surface area contributed by atoms with E-state index in [1.54, 1.807) is 11.1 Å². The van der Waals surface area contributed by atoms with Crippen molar-refractivity contribution in [3.8, 4) is 0 Å². The summed E-state index contributed by atoms with van der Waals surface area (Å²) in [4.78, 5) is 24.1. The molecule has 1 N–H and O–H groups in total. The summed E-state index contributed by atoms with van der Waals surface area (Å²) in [6.45, 7) is 2.53. The lowest BCUT2D eigenvalue weighted by molar-refractivity contribution is -0.118. The minimum absolute atomic E-state index is 0.0251. The Balaban J connectivity index is 1.75. The summed E-state index contributed by atoms with van der Waals surface area (Å²) < 4.78 is 0. The number of guanidine groups is 1. The molecule has 1 aromatic rings. The van der Waals surface area contributed by atoms with Gasteiger partial charge in [0.2, 0.25) is 11.9 Å². The van der Waals surface area contributed by atoms with Gasteiger partial charge in [0.15, 0.2) is 0 Å². The summed E-state index contributed by atoms with van der Waals surface area (Å²) in [5.41, 5.74) is 0.756. The molecule has 3 rings (SSSR count). The fraction of sp³-hybridized carbons (Fsp3) is 0.462. The first-order valence-electron chi connectivity index (χ1n) is 6.53. The largest absolute Gasteiger partial charge is 0.357 e. The van der Waals surface area contributed by atoms with E-state index in [1.807, 2.05) is 19.2 Å². The zero-order valence-electron chi connectivity index (χ0n) is 11.0. The van der Waals surface area contributed by atoms with Gasteiger partial charge in [-0.05, 0) is 25.0 Å². The number of nitrogens with zero attached hydrogens (tertiary/aromatic N) is 4. The summed E-state index contributed by atoms with van der Waals surface area (Å²) in [6.07, 6.45) is 4.23. The molecule has 2 aliphatic rings. The first-order chi connectivity index (χ1) is 9.22. The maximum absolute atomic E-state index is 11.2. The van der Waals surface area contributed by atoms with Crippen LogP contribution in [0.15, 0.2) is 23.3 Å². The molecular weight excluding hydrogens is 242 g/mol. The van der Waals surface area contributed by atoms with Gasteiger partial charge in [-0.3, -0.25) is 10.1 Å². The third-order valence-corrected chi connectivity index (χ3v) is 3.39. The van der Waals surface area contributed by atoms with Crippen molar-refractivity contribution in [2.45, 2.75) is 12.8 Å². The van der Waals surface area contributed by atoms with Crippen LogP contribution < -0.4 is 10.2 Å². The number of carbonyl (C=O) groups excluding carboxylic acids is 1. The third kappa shape index (κ3) is 2.52. The molecule has 0 radical (unpaired) electrons. The molecule has 1 aromatic heterocycles. The molecule has 0 bridgehead atoms. The predicted molar refractivity (Wildman–Crippen MR) is 73.6 cm³/mol. The fourth-order valence-corrected chi connectivity index (χ4v) is 2.36. The standard InChI is InChI=1S/C13H17N5O/c1-17-9-12(19)16-13(17)15-10-4-5-11(14-8-10)18-6-2-3-7-18/h4-5,8H,2-3,6-7,9H2,1H3,(H,15,16,19). The molecule has 6 nitrogen and oxygen atoms in total. The van der Waals surface area contributed by atoms with Crippen LogP contribution in [-0.2, 0) is 4.79 Å². The maximum Gasteiger partial charge on any atom is 0.246 e. The Labute approximate surface area is 112 Å². The van der Waals surface area contributed by atoms with Crippen LogP contribution in [0.5, 0.6) is 0 Å². The summed E-state index contributed by atoms with van der Waals surface area (Å²) in [6, 6.07) is 3.92. The molecular formula is C13H17N5O. The van der Waals surface area contributed by atoms with Gasteiger partial charge in [0, 0.05) is 20.1 Å². The Morgan fingerprint density at radius 2 is 2.11 bits per heavy atom. The first-order valence-corrected chi connectivity index (χ1v) is 6.53. The smallest absolute Gasteiger partial charge is 0.246 e. The highest BCUT2D eigenvalue weighted by molar-refractivity contribution is 6.04. The number of amides is 1. The Morgan fingerprint density at radius 3 is 2.68 bits per heavy atom. The Hall–Kier alpha value is -2.11. The monoisotopic (exact) mass is 259 g/mol. The molecule has 2 fully saturated rings. The number of aliphatic imine (C=N–C) groups is 1. The number of pyridine rings is 1. The summed E-state index contributed by atoms with van der Waals surface area (Å²) >= 11 is 0. The van der Waals surface area contributed by atoms with Gasteiger partial charge < -0.3 is 9.80 Å². The Morgan fingerprint density at radius 1 is 1.32 bits per heavy atom. The quantitative estimate of drug-likeness (QED) is 0.850. The average molecular weight is 259 g/mol. The molecule has 2 saturated heterocycles. The van der Waals surface area contributed by atoms with Crippen molar-refractivity contribution < 1.29 is 4.79 Å². The van der Waals surface area contributed by atoms with E-state index in [1.165, 1.54) is 12.8 Å². The van der Waals surface area contributed by atoms with Gasteiger partial charge in [-0.25, -0.2) is 9.98 Å². The van der Waals surface area contributed by atoms with Crippen LogP contribution in [0.2, 0.25) is 0 Å². The van der Waals surface area contributed by atoms with Gasteiger partial charge in [0.1, 0.15) is 5.82 Å². The van der Waals surface area contributed by atoms with Gasteiger partial charge in [-0.1, -0.05) is 0 Å². The minimum atomic E-state index is -0.0251. The average Bonchev–Trinajstić information content (AvgIpc) is 3.01. The number of anilines is 1. The molecule has 0 aliphatic carbocycles. The second-order valence-corrected chi connectivity index (χ2v) is 4.91. The van der Waals surface area contributed by atoms with E-state index in [4.69, 9.17) is 0 Å². The van der Waals surface area contributed by atoms with Crippen molar-refractivity contribution in [1.29, 1.82) is 0 Å². The molecule has 0 aromatic carbocycles. The van der Waals surface area contributed by atoms with Crippen LogP contribution in [0.25, 0.3) is 0 Å². The van der Waals surface area contributed by atoms with Gasteiger partial charge in [0.25, 0.3) is 0 Å². The zero-order valence-corrected chi connectivity index (χ0v) is 11.0. The van der Waals surface area contributed by atoms with E-state index < -0.39 is 0 Å². The molecule has 6 heteroatoms. The molecule has 0 saturated carbocycles. The van der Waals surface area contributed by atoms with Crippen LogP contribution in [0.4, 0.5) is 11.5 Å². The van der Waals surface area contributed by atoms with Gasteiger partial charge >= 0.3 is 0 Å². The van der Waals surface area contributed by atoms with Crippen molar-refractivity contribution in [1.82, 2.24) is 15.2 Å². The first kappa shape index (κ1) is 12.0. The molecule has 19 heavy (non-hydrogen) atoms. The van der Waals surface area contributed by atoms with Crippen molar-refractivity contribution in [3.05, 3.63) is 18.3 Å². The van der Waals surface area contributed by atoms with Crippen molar-refractivity contribution in [2.24, 2.45) is 4.99 Å². The molecule has 0 unspecified atom stereocenters. The van der Waals surface area contributed by atoms with Crippen LogP contribution in [-0.4, -0.2) is 48.4 Å². The number of hydrogen-bond donors (Lipinski definition) is 1. The number of nitrogens with one attached hydrogen (secondary N) is 1. The zero-order chi connectivity index (χ0) is 13.2. The van der Waals surface area contributed by atoms with E-state index in [0.29, 0.717) is 12.5 Å². The normalized spacial score (nSPS) is 21.3. The number of carbonyl (C=O) groups is 1. The Kier molecular flexibility index (Phi) is 3.06. The SMILES string of the molecule is CN1CC(=O)NC1=Nc1ccc(N2CCCC2)nc1. The van der Waals surface area contributed by atoms with E-state index in [0.717, 1.165) is 24.6 Å².